The quantitative estimate of drug-likeness (QED) is 0.517. The molecule has 12 heteroatoms. The maximum absolute atomic E-state index is 14.7. The summed E-state index contributed by atoms with van der Waals surface area (Å²) in [7, 11) is 3.27. The molecule has 1 aromatic heterocycles. The van der Waals surface area contributed by atoms with Gasteiger partial charge in [0.25, 0.3) is 0 Å². The van der Waals surface area contributed by atoms with Crippen LogP contribution in [0.5, 0.6) is 5.88 Å². The molecule has 2 aromatic rings. The van der Waals surface area contributed by atoms with Gasteiger partial charge in [0.2, 0.25) is 11.8 Å². The smallest absolute Gasteiger partial charge is 0.481 e. The first kappa shape index (κ1) is 26.8. The van der Waals surface area contributed by atoms with E-state index in [1.165, 1.54) is 13.2 Å². The van der Waals surface area contributed by atoms with Gasteiger partial charge in [-0.1, -0.05) is 30.3 Å². The van der Waals surface area contributed by atoms with Crippen molar-refractivity contribution in [2.45, 2.75) is 38.1 Å². The predicted molar refractivity (Wildman–Crippen MR) is 116 cm³/mol. The van der Waals surface area contributed by atoms with E-state index in [0.29, 0.717) is 18.0 Å². The van der Waals surface area contributed by atoms with Crippen LogP contribution in [-0.2, 0) is 22.7 Å². The fraction of sp³-hybridized carbons (Fsp3) is 0.409. The van der Waals surface area contributed by atoms with Crippen molar-refractivity contribution in [1.29, 1.82) is 0 Å². The SMILES string of the molecule is COc1nc(N(C)Cc2ccccc2)c(F)cc1CNC(=O)[C@@H]1CCCN1.O=C(O)C(F)(F)F. The largest absolute Gasteiger partial charge is 0.490 e. The molecular weight excluding hydrogens is 460 g/mol. The maximum atomic E-state index is 14.7. The molecule has 1 amide bonds. The summed E-state index contributed by atoms with van der Waals surface area (Å²) in [5.41, 5.74) is 1.57. The fourth-order valence-electron chi connectivity index (χ4n) is 3.22. The van der Waals surface area contributed by atoms with Crippen molar-refractivity contribution in [2.75, 3.05) is 25.6 Å². The highest BCUT2D eigenvalue weighted by Gasteiger charge is 2.38. The topological polar surface area (TPSA) is 104 Å². The second-order valence-corrected chi connectivity index (χ2v) is 7.47. The molecule has 0 bridgehead atoms. The van der Waals surface area contributed by atoms with Crippen LogP contribution in [0.1, 0.15) is 24.0 Å². The third-order valence-corrected chi connectivity index (χ3v) is 4.89. The van der Waals surface area contributed by atoms with Gasteiger partial charge in [-0.3, -0.25) is 4.79 Å². The van der Waals surface area contributed by atoms with Gasteiger partial charge in [0, 0.05) is 25.7 Å². The first-order chi connectivity index (χ1) is 16.0. The summed E-state index contributed by atoms with van der Waals surface area (Å²) >= 11 is 0. The van der Waals surface area contributed by atoms with Crippen molar-refractivity contribution in [1.82, 2.24) is 15.6 Å². The number of carbonyl (C=O) groups is 2. The van der Waals surface area contributed by atoms with Gasteiger partial charge >= 0.3 is 12.1 Å². The Morgan fingerprint density at radius 2 is 1.94 bits per heavy atom. The Hall–Kier alpha value is -3.41. The lowest BCUT2D eigenvalue weighted by Crippen LogP contribution is -2.40. The van der Waals surface area contributed by atoms with Gasteiger partial charge in [0.15, 0.2) is 11.6 Å². The number of hydrogen-bond donors (Lipinski definition) is 3. The minimum absolute atomic E-state index is 0.0831. The summed E-state index contributed by atoms with van der Waals surface area (Å²) in [5, 5.41) is 13.1. The van der Waals surface area contributed by atoms with Crippen molar-refractivity contribution in [3.05, 3.63) is 53.3 Å². The Balaban J connectivity index is 0.000000509. The number of hydrogen-bond acceptors (Lipinski definition) is 6. The van der Waals surface area contributed by atoms with Crippen LogP contribution in [0.4, 0.5) is 23.4 Å². The van der Waals surface area contributed by atoms with E-state index in [1.807, 2.05) is 30.3 Å². The monoisotopic (exact) mass is 486 g/mol. The summed E-state index contributed by atoms with van der Waals surface area (Å²) in [6.07, 6.45) is -3.28. The van der Waals surface area contributed by atoms with E-state index in [9.17, 15) is 22.4 Å². The molecule has 1 aliphatic heterocycles. The van der Waals surface area contributed by atoms with E-state index in [-0.39, 0.29) is 24.3 Å². The average molecular weight is 486 g/mol. The number of carbonyl (C=O) groups excluding carboxylic acids is 1. The van der Waals surface area contributed by atoms with E-state index in [4.69, 9.17) is 14.6 Å². The Morgan fingerprint density at radius 1 is 1.29 bits per heavy atom. The van der Waals surface area contributed by atoms with Gasteiger partial charge in [-0.25, -0.2) is 9.18 Å². The van der Waals surface area contributed by atoms with Crippen molar-refractivity contribution < 1.29 is 37.0 Å². The lowest BCUT2D eigenvalue weighted by molar-refractivity contribution is -0.192. The van der Waals surface area contributed by atoms with Gasteiger partial charge in [0.05, 0.1) is 13.2 Å². The molecule has 0 radical (unpaired) electrons. The molecule has 186 valence electrons. The van der Waals surface area contributed by atoms with E-state index in [2.05, 4.69) is 15.6 Å². The van der Waals surface area contributed by atoms with Gasteiger partial charge < -0.3 is 25.4 Å². The van der Waals surface area contributed by atoms with Crippen LogP contribution < -0.4 is 20.3 Å². The maximum Gasteiger partial charge on any atom is 0.490 e. The van der Waals surface area contributed by atoms with Gasteiger partial charge in [-0.15, -0.1) is 0 Å². The molecular formula is C22H26F4N4O4. The summed E-state index contributed by atoms with van der Waals surface area (Å²) in [4.78, 5) is 27.1. The number of methoxy groups -OCH3 is 1. The number of carboxylic acid groups (broad SMARTS) is 1. The molecule has 2 heterocycles. The van der Waals surface area contributed by atoms with Crippen LogP contribution in [-0.4, -0.2) is 54.9 Å². The highest BCUT2D eigenvalue weighted by atomic mass is 19.4. The Bertz CT molecular complexity index is 967. The number of anilines is 1. The molecule has 0 spiro atoms. The zero-order valence-electron chi connectivity index (χ0n) is 18.7. The average Bonchev–Trinajstić information content (AvgIpc) is 3.33. The number of nitrogens with zero attached hydrogens (tertiary/aromatic N) is 2. The van der Waals surface area contributed by atoms with Crippen molar-refractivity contribution in [2.24, 2.45) is 0 Å². The lowest BCUT2D eigenvalue weighted by Gasteiger charge is -2.21. The zero-order valence-corrected chi connectivity index (χ0v) is 18.7. The molecule has 3 N–H and O–H groups in total. The standard InChI is InChI=1S/C20H25FN4O2.C2HF3O2/c1-25(13-14-7-4-3-5-8-14)18-16(21)11-15(20(24-18)27-2)12-23-19(26)17-9-6-10-22-17;3-2(4,5)1(6)7/h3-5,7-8,11,17,22H,6,9-10,12-13H2,1-2H3,(H,23,26);(H,6,7)/t17-;/m0./s1. The number of aliphatic carboxylic acids is 1. The Kier molecular flexibility index (Phi) is 9.60. The van der Waals surface area contributed by atoms with Gasteiger partial charge in [0.1, 0.15) is 0 Å². The number of pyridine rings is 1. The molecule has 1 atom stereocenters. The number of aromatic nitrogens is 1. The summed E-state index contributed by atoms with van der Waals surface area (Å²) in [5.74, 6) is -2.76. The number of ether oxygens (including phenoxy) is 1. The molecule has 1 aromatic carbocycles. The number of carboxylic acids is 1. The van der Waals surface area contributed by atoms with E-state index >= 15 is 0 Å². The van der Waals surface area contributed by atoms with Crippen LogP contribution in [0.15, 0.2) is 36.4 Å². The third kappa shape index (κ3) is 7.87. The number of benzene rings is 1. The number of nitrogens with one attached hydrogen (secondary N) is 2. The van der Waals surface area contributed by atoms with Crippen LogP contribution in [0, 0.1) is 5.82 Å². The van der Waals surface area contributed by atoms with Crippen LogP contribution in [0.3, 0.4) is 0 Å². The minimum atomic E-state index is -5.08. The van der Waals surface area contributed by atoms with Crippen molar-refractivity contribution in [3.8, 4) is 5.88 Å². The summed E-state index contributed by atoms with van der Waals surface area (Å²) < 4.78 is 51.7. The first-order valence-electron chi connectivity index (χ1n) is 10.3. The minimum Gasteiger partial charge on any atom is -0.481 e. The molecule has 34 heavy (non-hydrogen) atoms. The third-order valence-electron chi connectivity index (χ3n) is 4.89. The highest BCUT2D eigenvalue weighted by molar-refractivity contribution is 5.82. The molecule has 3 rings (SSSR count). The number of rotatable bonds is 7. The van der Waals surface area contributed by atoms with Gasteiger partial charge in [-0.05, 0) is 31.0 Å². The molecule has 0 saturated carbocycles. The first-order valence-corrected chi connectivity index (χ1v) is 10.3. The van der Waals surface area contributed by atoms with E-state index < -0.39 is 18.0 Å². The summed E-state index contributed by atoms with van der Waals surface area (Å²) in [6.45, 7) is 1.55. The van der Waals surface area contributed by atoms with Gasteiger partial charge in [-0.2, -0.15) is 18.2 Å². The lowest BCUT2D eigenvalue weighted by atomic mass is 10.2. The van der Waals surface area contributed by atoms with Crippen molar-refractivity contribution in [3.63, 3.8) is 0 Å². The molecule has 1 fully saturated rings. The highest BCUT2D eigenvalue weighted by Crippen LogP contribution is 2.25. The number of halogens is 4. The predicted octanol–water partition coefficient (Wildman–Crippen LogP) is 2.87. The second kappa shape index (κ2) is 12.2. The van der Waals surface area contributed by atoms with Crippen LogP contribution >= 0.6 is 0 Å². The van der Waals surface area contributed by atoms with Crippen LogP contribution in [0.2, 0.25) is 0 Å². The molecule has 1 saturated heterocycles. The molecule has 0 aliphatic carbocycles. The fourth-order valence-corrected chi connectivity index (χ4v) is 3.22. The number of amides is 1. The van der Waals surface area contributed by atoms with Crippen molar-refractivity contribution >= 4 is 17.7 Å². The Labute approximate surface area is 193 Å². The Morgan fingerprint density at radius 3 is 2.47 bits per heavy atom. The van der Waals surface area contributed by atoms with E-state index in [0.717, 1.165) is 24.9 Å². The molecule has 1 aliphatic rings. The molecule has 8 nitrogen and oxygen atoms in total. The molecule has 0 unspecified atom stereocenters. The normalized spacial score (nSPS) is 15.2. The number of alkyl halides is 3. The second-order valence-electron chi connectivity index (χ2n) is 7.47. The zero-order chi connectivity index (χ0) is 25.3. The van der Waals surface area contributed by atoms with Crippen LogP contribution in [0.25, 0.3) is 0 Å². The van der Waals surface area contributed by atoms with E-state index in [1.54, 1.807) is 11.9 Å². The summed E-state index contributed by atoms with van der Waals surface area (Å²) in [6, 6.07) is 11.0.